The van der Waals surface area contributed by atoms with Crippen LogP contribution in [0.15, 0.2) is 23.1 Å². The van der Waals surface area contributed by atoms with Crippen molar-refractivity contribution in [1.29, 1.82) is 0 Å². The van der Waals surface area contributed by atoms with Crippen molar-refractivity contribution < 1.29 is 24.5 Å². The lowest BCUT2D eigenvalue weighted by Gasteiger charge is -2.15. The molecule has 0 spiro atoms. The summed E-state index contributed by atoms with van der Waals surface area (Å²) in [6.07, 6.45) is 3.18. The number of pyridine rings is 1. The van der Waals surface area contributed by atoms with Crippen LogP contribution < -0.4 is 10.7 Å². The molecule has 1 aliphatic rings. The van der Waals surface area contributed by atoms with Gasteiger partial charge in [-0.15, -0.1) is 0 Å². The molecule has 27 heavy (non-hydrogen) atoms. The summed E-state index contributed by atoms with van der Waals surface area (Å²) in [5, 5.41) is 21.6. The van der Waals surface area contributed by atoms with Crippen LogP contribution in [0.3, 0.4) is 0 Å². The molecule has 2 aromatic rings. The number of aromatic nitrogens is 1. The number of fused-ring (bicyclic) bond motifs is 1. The van der Waals surface area contributed by atoms with Crippen LogP contribution in [0.1, 0.15) is 35.7 Å². The maximum Gasteiger partial charge on any atom is 0.341 e. The minimum atomic E-state index is -1.26. The Morgan fingerprint density at radius 3 is 2.63 bits per heavy atom. The predicted molar refractivity (Wildman–Crippen MR) is 100 cm³/mol. The maximum absolute atomic E-state index is 12.6. The van der Waals surface area contributed by atoms with Gasteiger partial charge in [-0.2, -0.15) is 0 Å². The zero-order valence-electron chi connectivity index (χ0n) is 14.4. The highest BCUT2D eigenvalue weighted by atomic mass is 35.5. The zero-order chi connectivity index (χ0) is 19.6. The van der Waals surface area contributed by atoms with E-state index < -0.39 is 17.4 Å². The molecular formula is C18H19ClN2O6. The fourth-order valence-corrected chi connectivity index (χ4v) is 3.06. The second-order valence-corrected chi connectivity index (χ2v) is 6.75. The first-order valence-corrected chi connectivity index (χ1v) is 8.91. The van der Waals surface area contributed by atoms with Gasteiger partial charge in [0.05, 0.1) is 35.9 Å². The van der Waals surface area contributed by atoms with E-state index in [4.69, 9.17) is 21.4 Å². The minimum absolute atomic E-state index is 0.0740. The van der Waals surface area contributed by atoms with Crippen molar-refractivity contribution in [2.24, 2.45) is 0 Å². The van der Waals surface area contributed by atoms with E-state index in [1.807, 2.05) is 4.57 Å². The Kier molecular flexibility index (Phi) is 5.67. The zero-order valence-corrected chi connectivity index (χ0v) is 15.2. The van der Waals surface area contributed by atoms with Gasteiger partial charge in [0.25, 0.3) is 0 Å². The molecule has 1 heterocycles. The van der Waals surface area contributed by atoms with Crippen molar-refractivity contribution in [2.45, 2.75) is 25.3 Å². The average molecular weight is 395 g/mol. The van der Waals surface area contributed by atoms with Gasteiger partial charge in [0, 0.05) is 24.2 Å². The number of halogens is 1. The van der Waals surface area contributed by atoms with E-state index in [0.29, 0.717) is 28.2 Å². The normalized spacial score (nSPS) is 13.7. The van der Waals surface area contributed by atoms with Crippen molar-refractivity contribution in [3.63, 3.8) is 0 Å². The summed E-state index contributed by atoms with van der Waals surface area (Å²) in [6, 6.07) is 3.40. The molecule has 1 aromatic carbocycles. The Labute approximate surface area is 159 Å². The Balaban J connectivity index is 1.84. The average Bonchev–Trinajstić information content (AvgIpc) is 3.43. The van der Waals surface area contributed by atoms with Crippen molar-refractivity contribution in [3.05, 3.63) is 39.1 Å². The summed E-state index contributed by atoms with van der Waals surface area (Å²) < 4.78 is 7.01. The molecule has 3 rings (SSSR count). The molecule has 1 aromatic heterocycles. The Morgan fingerprint density at radius 2 is 2.00 bits per heavy atom. The fraction of sp³-hybridized carbons (Fsp3) is 0.389. The topological polar surface area (TPSA) is 118 Å². The molecule has 0 bridgehead atoms. The standard InChI is InChI=1S/C18H19ClN2O6/c19-13-8-15-11(7-14(13)20-4-6-27-5-3-16(22)23)17(24)12(18(25)26)9-21(15)10-1-2-10/h7-10,20H,1-6H2,(H,22,23)(H,25,26). The van der Waals surface area contributed by atoms with Crippen LogP contribution in [0.25, 0.3) is 10.9 Å². The number of carboxylic acid groups (broad SMARTS) is 2. The molecule has 0 atom stereocenters. The first-order valence-electron chi connectivity index (χ1n) is 8.53. The number of ether oxygens (including phenoxy) is 1. The molecule has 3 N–H and O–H groups in total. The molecule has 1 fully saturated rings. The number of carbonyl (C=O) groups is 2. The molecule has 144 valence electrons. The van der Waals surface area contributed by atoms with E-state index in [-0.39, 0.29) is 31.2 Å². The molecular weight excluding hydrogens is 376 g/mol. The molecule has 9 heteroatoms. The van der Waals surface area contributed by atoms with Gasteiger partial charge in [0.2, 0.25) is 5.43 Å². The van der Waals surface area contributed by atoms with Crippen LogP contribution in [0.5, 0.6) is 0 Å². The van der Waals surface area contributed by atoms with E-state index in [2.05, 4.69) is 5.32 Å². The quantitative estimate of drug-likeness (QED) is 0.559. The van der Waals surface area contributed by atoms with Crippen LogP contribution in [0.2, 0.25) is 5.02 Å². The van der Waals surface area contributed by atoms with E-state index >= 15 is 0 Å². The number of hydrogen-bond acceptors (Lipinski definition) is 5. The van der Waals surface area contributed by atoms with E-state index in [1.54, 1.807) is 12.1 Å². The Morgan fingerprint density at radius 1 is 1.26 bits per heavy atom. The third kappa shape index (κ3) is 4.40. The van der Waals surface area contributed by atoms with Crippen molar-refractivity contribution in [3.8, 4) is 0 Å². The van der Waals surface area contributed by atoms with Crippen LogP contribution >= 0.6 is 11.6 Å². The summed E-state index contributed by atoms with van der Waals surface area (Å²) in [6.45, 7) is 0.736. The lowest BCUT2D eigenvalue weighted by Crippen LogP contribution is -2.19. The first kappa shape index (κ1) is 19.2. The number of hydrogen-bond donors (Lipinski definition) is 3. The van der Waals surface area contributed by atoms with Gasteiger partial charge in [0.1, 0.15) is 5.56 Å². The summed E-state index contributed by atoms with van der Waals surface area (Å²) >= 11 is 6.32. The molecule has 0 amide bonds. The summed E-state index contributed by atoms with van der Waals surface area (Å²) in [5.74, 6) is -2.19. The van der Waals surface area contributed by atoms with Crippen LogP contribution in [0.4, 0.5) is 5.69 Å². The third-order valence-corrected chi connectivity index (χ3v) is 4.63. The lowest BCUT2D eigenvalue weighted by atomic mass is 10.1. The van der Waals surface area contributed by atoms with Gasteiger partial charge in [-0.05, 0) is 25.0 Å². The number of benzene rings is 1. The SMILES string of the molecule is O=C(O)CCOCCNc1cc2c(=O)c(C(=O)O)cn(C3CC3)c2cc1Cl. The molecule has 1 saturated carbocycles. The van der Waals surface area contributed by atoms with Crippen molar-refractivity contribution >= 4 is 40.1 Å². The van der Waals surface area contributed by atoms with Gasteiger partial charge in [-0.3, -0.25) is 9.59 Å². The van der Waals surface area contributed by atoms with E-state index in [9.17, 15) is 19.5 Å². The smallest absolute Gasteiger partial charge is 0.341 e. The number of aliphatic carboxylic acids is 1. The second kappa shape index (κ2) is 7.98. The van der Waals surface area contributed by atoms with Crippen LogP contribution in [0, 0.1) is 0 Å². The second-order valence-electron chi connectivity index (χ2n) is 6.35. The number of rotatable bonds is 9. The van der Waals surface area contributed by atoms with Gasteiger partial charge >= 0.3 is 11.9 Å². The number of carboxylic acids is 2. The highest BCUT2D eigenvalue weighted by Gasteiger charge is 2.27. The summed E-state index contributed by atoms with van der Waals surface area (Å²) in [5.41, 5.74) is 0.292. The number of anilines is 1. The van der Waals surface area contributed by atoms with Crippen molar-refractivity contribution in [1.82, 2.24) is 4.57 Å². The molecule has 8 nitrogen and oxygen atoms in total. The Bertz CT molecular complexity index is 951. The predicted octanol–water partition coefficient (Wildman–Crippen LogP) is 2.59. The third-order valence-electron chi connectivity index (χ3n) is 4.31. The van der Waals surface area contributed by atoms with Gasteiger partial charge in [0.15, 0.2) is 0 Å². The molecule has 1 aliphatic carbocycles. The van der Waals surface area contributed by atoms with Gasteiger partial charge in [-0.1, -0.05) is 11.6 Å². The maximum atomic E-state index is 12.6. The summed E-state index contributed by atoms with van der Waals surface area (Å²) in [4.78, 5) is 34.4. The van der Waals surface area contributed by atoms with E-state index in [0.717, 1.165) is 12.8 Å². The Hall–Kier alpha value is -2.58. The monoisotopic (exact) mass is 394 g/mol. The molecule has 0 radical (unpaired) electrons. The molecule has 0 saturated heterocycles. The van der Waals surface area contributed by atoms with Crippen LogP contribution in [-0.2, 0) is 9.53 Å². The molecule has 0 unspecified atom stereocenters. The first-order chi connectivity index (χ1) is 12.9. The highest BCUT2D eigenvalue weighted by molar-refractivity contribution is 6.34. The van der Waals surface area contributed by atoms with E-state index in [1.165, 1.54) is 6.20 Å². The fourth-order valence-electron chi connectivity index (χ4n) is 2.83. The van der Waals surface area contributed by atoms with Gasteiger partial charge < -0.3 is 24.8 Å². The van der Waals surface area contributed by atoms with Crippen molar-refractivity contribution in [2.75, 3.05) is 25.1 Å². The van der Waals surface area contributed by atoms with Gasteiger partial charge in [-0.25, -0.2) is 4.79 Å². The molecule has 0 aliphatic heterocycles. The summed E-state index contributed by atoms with van der Waals surface area (Å²) in [7, 11) is 0. The minimum Gasteiger partial charge on any atom is -0.481 e. The number of nitrogens with one attached hydrogen (secondary N) is 1. The lowest BCUT2D eigenvalue weighted by molar-refractivity contribution is -0.138. The number of aromatic carboxylic acids is 1. The highest BCUT2D eigenvalue weighted by Crippen LogP contribution is 2.38. The van der Waals surface area contributed by atoms with Crippen LogP contribution in [-0.4, -0.2) is 46.5 Å². The largest absolute Gasteiger partial charge is 0.481 e. The number of nitrogens with zero attached hydrogens (tertiary/aromatic N) is 1.